The Kier molecular flexibility index (Phi) is 4.50. The Morgan fingerprint density at radius 3 is 2.48 bits per heavy atom. The van der Waals surface area contributed by atoms with Gasteiger partial charge in [0, 0.05) is 41.2 Å². The lowest BCUT2D eigenvalue weighted by Gasteiger charge is -2.27. The molecule has 3 rings (SSSR count). The van der Waals surface area contributed by atoms with Crippen molar-refractivity contribution in [1.82, 2.24) is 0 Å². The Hall–Kier alpha value is -2.80. The van der Waals surface area contributed by atoms with Gasteiger partial charge in [-0.15, -0.1) is 0 Å². The molecule has 7 nitrogen and oxygen atoms in total. The summed E-state index contributed by atoms with van der Waals surface area (Å²) < 4.78 is 10.6. The highest BCUT2D eigenvalue weighted by Crippen LogP contribution is 2.45. The molecule has 0 unspecified atom stereocenters. The summed E-state index contributed by atoms with van der Waals surface area (Å²) in [6.45, 7) is 0. The molecule has 2 aromatic carbocycles. The highest BCUT2D eigenvalue weighted by atomic mass is 35.5. The number of ether oxygens (including phenoxy) is 2. The van der Waals surface area contributed by atoms with Crippen molar-refractivity contribution in [3.63, 3.8) is 0 Å². The predicted molar refractivity (Wildman–Crippen MR) is 92.7 cm³/mol. The number of carbonyl (C=O) groups excluding carboxylic acids is 1. The van der Waals surface area contributed by atoms with Crippen molar-refractivity contribution in [2.45, 2.75) is 12.3 Å². The number of nitro benzene ring substituents is 1. The number of nitrogens with zero attached hydrogens (tertiary/aromatic N) is 1. The number of anilines is 1. The molecule has 25 heavy (non-hydrogen) atoms. The van der Waals surface area contributed by atoms with Gasteiger partial charge in [-0.2, -0.15) is 0 Å². The lowest BCUT2D eigenvalue weighted by Crippen LogP contribution is -2.24. The molecule has 1 aliphatic rings. The zero-order valence-corrected chi connectivity index (χ0v) is 14.3. The zero-order chi connectivity index (χ0) is 18.1. The number of fused-ring (bicyclic) bond motifs is 1. The Labute approximate surface area is 148 Å². The second-order valence-electron chi connectivity index (χ2n) is 5.56. The highest BCUT2D eigenvalue weighted by Gasteiger charge is 2.30. The predicted octanol–water partition coefficient (Wildman–Crippen LogP) is 3.74. The van der Waals surface area contributed by atoms with Crippen LogP contribution in [0.15, 0.2) is 30.3 Å². The molecule has 8 heteroatoms. The second-order valence-corrected chi connectivity index (χ2v) is 5.97. The monoisotopic (exact) mass is 362 g/mol. The lowest BCUT2D eigenvalue weighted by atomic mass is 9.84. The molecule has 1 atom stereocenters. The first kappa shape index (κ1) is 17.0. The fourth-order valence-corrected chi connectivity index (χ4v) is 3.23. The molecule has 130 valence electrons. The Bertz CT molecular complexity index is 868. The largest absolute Gasteiger partial charge is 0.493 e. The van der Waals surface area contributed by atoms with Crippen LogP contribution in [-0.4, -0.2) is 25.1 Å². The third-order valence-electron chi connectivity index (χ3n) is 4.16. The molecule has 1 heterocycles. The number of carbonyl (C=O) groups is 1. The minimum atomic E-state index is -0.488. The summed E-state index contributed by atoms with van der Waals surface area (Å²) in [6.07, 6.45) is 0.128. The summed E-state index contributed by atoms with van der Waals surface area (Å²) >= 11 is 6.27. The van der Waals surface area contributed by atoms with Gasteiger partial charge >= 0.3 is 0 Å². The first-order chi connectivity index (χ1) is 11.9. The van der Waals surface area contributed by atoms with E-state index in [-0.39, 0.29) is 18.0 Å². The normalized spacial score (nSPS) is 16.0. The molecule has 0 aliphatic carbocycles. The maximum absolute atomic E-state index is 12.1. The molecule has 0 aromatic heterocycles. The minimum Gasteiger partial charge on any atom is -0.493 e. The quantitative estimate of drug-likeness (QED) is 0.660. The van der Waals surface area contributed by atoms with Gasteiger partial charge in [-0.3, -0.25) is 14.9 Å². The van der Waals surface area contributed by atoms with E-state index in [0.717, 1.165) is 5.56 Å². The van der Waals surface area contributed by atoms with Gasteiger partial charge in [-0.05, 0) is 23.3 Å². The summed E-state index contributed by atoms with van der Waals surface area (Å²) in [6, 6.07) is 7.65. The maximum atomic E-state index is 12.1. The van der Waals surface area contributed by atoms with Crippen LogP contribution in [0.2, 0.25) is 5.02 Å². The number of hydrogen-bond donors (Lipinski definition) is 1. The Morgan fingerprint density at radius 2 is 1.84 bits per heavy atom. The average molecular weight is 363 g/mol. The van der Waals surface area contributed by atoms with E-state index in [4.69, 9.17) is 21.1 Å². The lowest BCUT2D eigenvalue weighted by molar-refractivity contribution is -0.384. The van der Waals surface area contributed by atoms with Gasteiger partial charge in [-0.25, -0.2) is 0 Å². The minimum absolute atomic E-state index is 0.0765. The smallest absolute Gasteiger partial charge is 0.269 e. The molecule has 1 amide bonds. The molecule has 0 bridgehead atoms. The highest BCUT2D eigenvalue weighted by molar-refractivity contribution is 6.31. The van der Waals surface area contributed by atoms with Gasteiger partial charge in [0.1, 0.15) is 0 Å². The molecular formula is C17H15ClN2O5. The number of amides is 1. The van der Waals surface area contributed by atoms with Crippen LogP contribution in [0.5, 0.6) is 11.5 Å². The van der Waals surface area contributed by atoms with E-state index in [2.05, 4.69) is 5.32 Å². The Balaban J connectivity index is 2.18. The van der Waals surface area contributed by atoms with Gasteiger partial charge in [0.05, 0.1) is 19.1 Å². The summed E-state index contributed by atoms with van der Waals surface area (Å²) in [4.78, 5) is 22.7. The molecule has 1 N–H and O–H groups in total. The van der Waals surface area contributed by atoms with E-state index in [9.17, 15) is 14.9 Å². The van der Waals surface area contributed by atoms with Crippen molar-refractivity contribution in [2.24, 2.45) is 0 Å². The number of nitro groups is 1. The number of methoxy groups -OCH3 is 2. The molecule has 0 fully saturated rings. The van der Waals surface area contributed by atoms with Crippen molar-refractivity contribution in [3.8, 4) is 11.5 Å². The van der Waals surface area contributed by atoms with Gasteiger partial charge in [-0.1, -0.05) is 11.6 Å². The van der Waals surface area contributed by atoms with E-state index in [0.29, 0.717) is 27.8 Å². The van der Waals surface area contributed by atoms with Crippen molar-refractivity contribution >= 4 is 28.9 Å². The summed E-state index contributed by atoms with van der Waals surface area (Å²) in [5, 5.41) is 14.2. The maximum Gasteiger partial charge on any atom is 0.269 e. The third-order valence-corrected chi connectivity index (χ3v) is 4.50. The van der Waals surface area contributed by atoms with Crippen LogP contribution < -0.4 is 14.8 Å². The molecule has 0 saturated carbocycles. The van der Waals surface area contributed by atoms with Crippen LogP contribution in [0.1, 0.15) is 23.5 Å². The summed E-state index contributed by atoms with van der Waals surface area (Å²) in [7, 11) is 3.02. The molecule has 0 saturated heterocycles. The van der Waals surface area contributed by atoms with Crippen molar-refractivity contribution in [3.05, 3.63) is 56.6 Å². The van der Waals surface area contributed by atoms with E-state index in [1.807, 2.05) is 0 Å². The topological polar surface area (TPSA) is 90.7 Å². The van der Waals surface area contributed by atoms with Gasteiger partial charge in [0.25, 0.3) is 5.69 Å². The van der Waals surface area contributed by atoms with Crippen LogP contribution in [0, 0.1) is 10.1 Å². The van der Waals surface area contributed by atoms with Gasteiger partial charge in [0.2, 0.25) is 5.91 Å². The fraction of sp³-hybridized carbons (Fsp3) is 0.235. The van der Waals surface area contributed by atoms with E-state index >= 15 is 0 Å². The first-order valence-corrected chi connectivity index (χ1v) is 7.82. The SMILES string of the molecule is COc1cc2c(cc1OC)[C@@H](c1cc([N+](=O)[O-])ccc1Cl)CC(=O)N2. The zero-order valence-electron chi connectivity index (χ0n) is 13.5. The Morgan fingerprint density at radius 1 is 1.16 bits per heavy atom. The van der Waals surface area contributed by atoms with Crippen LogP contribution >= 0.6 is 11.6 Å². The van der Waals surface area contributed by atoms with Crippen LogP contribution in [-0.2, 0) is 4.79 Å². The summed E-state index contributed by atoms with van der Waals surface area (Å²) in [5.74, 6) is 0.361. The number of benzene rings is 2. The van der Waals surface area contributed by atoms with Crippen LogP contribution in [0.4, 0.5) is 11.4 Å². The molecular weight excluding hydrogens is 348 g/mol. The molecule has 2 aromatic rings. The van der Waals surface area contributed by atoms with Gasteiger partial charge in [0.15, 0.2) is 11.5 Å². The number of nitrogens with one attached hydrogen (secondary N) is 1. The molecule has 0 radical (unpaired) electrons. The van der Waals surface area contributed by atoms with Gasteiger partial charge < -0.3 is 14.8 Å². The fourth-order valence-electron chi connectivity index (χ4n) is 2.98. The standard InChI is InChI=1S/C17H15ClN2O5/c1-24-15-6-12-10(7-17(21)19-14(12)8-16(15)25-2)11-5-9(20(22)23)3-4-13(11)18/h3-6,8,10H,7H2,1-2H3,(H,19,21)/t10-/m1/s1. The number of hydrogen-bond acceptors (Lipinski definition) is 5. The summed E-state index contributed by atoms with van der Waals surface area (Å²) in [5.41, 5.74) is 1.78. The number of halogens is 1. The molecule has 0 spiro atoms. The van der Waals surface area contributed by atoms with Crippen LogP contribution in [0.25, 0.3) is 0 Å². The number of non-ortho nitro benzene ring substituents is 1. The average Bonchev–Trinajstić information content (AvgIpc) is 2.60. The van der Waals surface area contributed by atoms with Crippen molar-refractivity contribution in [1.29, 1.82) is 0 Å². The van der Waals surface area contributed by atoms with E-state index in [1.165, 1.54) is 32.4 Å². The van der Waals surface area contributed by atoms with Crippen LogP contribution in [0.3, 0.4) is 0 Å². The second kappa shape index (κ2) is 6.60. The third kappa shape index (κ3) is 3.10. The number of rotatable bonds is 4. The van der Waals surface area contributed by atoms with Crippen molar-refractivity contribution in [2.75, 3.05) is 19.5 Å². The van der Waals surface area contributed by atoms with E-state index < -0.39 is 10.8 Å². The first-order valence-electron chi connectivity index (χ1n) is 7.44. The van der Waals surface area contributed by atoms with Crippen molar-refractivity contribution < 1.29 is 19.2 Å². The van der Waals surface area contributed by atoms with E-state index in [1.54, 1.807) is 12.1 Å². The molecule has 1 aliphatic heterocycles.